The summed E-state index contributed by atoms with van der Waals surface area (Å²) in [4.78, 5) is 0. The van der Waals surface area contributed by atoms with Crippen LogP contribution in [0.5, 0.6) is 0 Å². The number of furan rings is 1. The summed E-state index contributed by atoms with van der Waals surface area (Å²) < 4.78 is 5.14. The van der Waals surface area contributed by atoms with Gasteiger partial charge in [-0.15, -0.1) is 0 Å². The Morgan fingerprint density at radius 1 is 1.36 bits per heavy atom. The van der Waals surface area contributed by atoms with E-state index in [-0.39, 0.29) is 6.61 Å². The van der Waals surface area contributed by atoms with E-state index in [1.165, 1.54) is 0 Å². The van der Waals surface area contributed by atoms with Gasteiger partial charge in [-0.2, -0.15) is 0 Å². The number of aliphatic hydroxyl groups is 1. The van der Waals surface area contributed by atoms with Gasteiger partial charge in [0.05, 0.1) is 12.5 Å². The monoisotopic (exact) mass is 188 g/mol. The van der Waals surface area contributed by atoms with Gasteiger partial charge in [0.25, 0.3) is 0 Å². The van der Waals surface area contributed by atoms with Crippen LogP contribution in [0.2, 0.25) is 0 Å². The summed E-state index contributed by atoms with van der Waals surface area (Å²) in [5.74, 6) is 0. The molecule has 0 radical (unpaired) electrons. The molecular weight excluding hydrogens is 176 g/mol. The summed E-state index contributed by atoms with van der Waals surface area (Å²) in [6.07, 6.45) is 5.87. The molecule has 0 atom stereocenters. The van der Waals surface area contributed by atoms with Gasteiger partial charge in [0.15, 0.2) is 0 Å². The number of hydrogen-bond donors (Lipinski definition) is 1. The third kappa shape index (κ3) is 1.34. The van der Waals surface area contributed by atoms with Crippen molar-refractivity contribution in [3.05, 3.63) is 42.4 Å². The fraction of sp³-hybridized carbons (Fsp3) is 0.167. The molecule has 1 heterocycles. The molecule has 0 unspecified atom stereocenters. The zero-order chi connectivity index (χ0) is 9.97. The van der Waals surface area contributed by atoms with Crippen molar-refractivity contribution >= 4 is 16.8 Å². The molecule has 0 aliphatic carbocycles. The van der Waals surface area contributed by atoms with Crippen LogP contribution in [-0.2, 0) is 6.42 Å². The highest BCUT2D eigenvalue weighted by Crippen LogP contribution is 2.24. The van der Waals surface area contributed by atoms with Crippen molar-refractivity contribution in [2.75, 3.05) is 6.61 Å². The number of benzene rings is 1. The highest BCUT2D eigenvalue weighted by atomic mass is 16.3. The maximum atomic E-state index is 8.97. The first-order valence-corrected chi connectivity index (χ1v) is 4.58. The minimum absolute atomic E-state index is 0.144. The molecule has 72 valence electrons. The summed E-state index contributed by atoms with van der Waals surface area (Å²) >= 11 is 0. The quantitative estimate of drug-likeness (QED) is 0.803. The Balaban J connectivity index is 2.68. The lowest BCUT2D eigenvalue weighted by atomic mass is 10.00. The van der Waals surface area contributed by atoms with Gasteiger partial charge >= 0.3 is 0 Å². The zero-order valence-electron chi connectivity index (χ0n) is 7.86. The summed E-state index contributed by atoms with van der Waals surface area (Å²) in [5.41, 5.74) is 2.17. The predicted molar refractivity (Wildman–Crippen MR) is 57.1 cm³/mol. The molecule has 1 aromatic heterocycles. The van der Waals surface area contributed by atoms with E-state index in [0.29, 0.717) is 6.42 Å². The van der Waals surface area contributed by atoms with Crippen LogP contribution < -0.4 is 0 Å². The van der Waals surface area contributed by atoms with Crippen molar-refractivity contribution in [1.29, 1.82) is 0 Å². The molecule has 2 aromatic rings. The van der Waals surface area contributed by atoms with Crippen LogP contribution in [0, 0.1) is 0 Å². The summed E-state index contributed by atoms with van der Waals surface area (Å²) in [5, 5.41) is 11.1. The standard InChI is InChI=1S/C12H12O2/c1-2-9-3-4-10-7-14-8-12(10)11(9)5-6-13/h2-4,7-8,13H,1,5-6H2. The van der Waals surface area contributed by atoms with Gasteiger partial charge < -0.3 is 9.52 Å². The largest absolute Gasteiger partial charge is 0.471 e. The summed E-state index contributed by atoms with van der Waals surface area (Å²) in [6, 6.07) is 3.99. The third-order valence-corrected chi connectivity index (χ3v) is 2.39. The molecule has 1 aromatic carbocycles. The highest BCUT2D eigenvalue weighted by molar-refractivity contribution is 5.87. The van der Waals surface area contributed by atoms with Crippen LogP contribution in [0.1, 0.15) is 11.1 Å². The van der Waals surface area contributed by atoms with Crippen LogP contribution in [0.4, 0.5) is 0 Å². The lowest BCUT2D eigenvalue weighted by Crippen LogP contribution is -1.94. The van der Waals surface area contributed by atoms with Gasteiger partial charge in [0, 0.05) is 17.4 Å². The van der Waals surface area contributed by atoms with Crippen LogP contribution in [0.3, 0.4) is 0 Å². The predicted octanol–water partition coefficient (Wildman–Crippen LogP) is 2.61. The summed E-state index contributed by atoms with van der Waals surface area (Å²) in [6.45, 7) is 3.90. The van der Waals surface area contributed by atoms with E-state index in [4.69, 9.17) is 9.52 Å². The molecule has 0 fully saturated rings. The van der Waals surface area contributed by atoms with Gasteiger partial charge in [0.2, 0.25) is 0 Å². The first kappa shape index (κ1) is 9.03. The molecule has 0 spiro atoms. The molecular formula is C12H12O2. The van der Waals surface area contributed by atoms with Crippen molar-refractivity contribution < 1.29 is 9.52 Å². The molecule has 0 saturated heterocycles. The second-order valence-corrected chi connectivity index (χ2v) is 3.19. The number of fused-ring (bicyclic) bond motifs is 1. The molecule has 2 nitrogen and oxygen atoms in total. The minimum Gasteiger partial charge on any atom is -0.471 e. The van der Waals surface area contributed by atoms with Crippen molar-refractivity contribution in [3.63, 3.8) is 0 Å². The molecule has 0 saturated carbocycles. The first-order chi connectivity index (χ1) is 6.86. The van der Waals surface area contributed by atoms with E-state index in [2.05, 4.69) is 6.58 Å². The van der Waals surface area contributed by atoms with Crippen molar-refractivity contribution in [2.45, 2.75) is 6.42 Å². The van der Waals surface area contributed by atoms with Gasteiger partial charge in [0.1, 0.15) is 0 Å². The normalized spacial score (nSPS) is 10.6. The molecule has 0 aliphatic heterocycles. The molecule has 0 amide bonds. The minimum atomic E-state index is 0.144. The van der Waals surface area contributed by atoms with Crippen LogP contribution >= 0.6 is 0 Å². The molecule has 0 aliphatic rings. The Labute approximate surface area is 82.5 Å². The molecule has 2 heteroatoms. The second-order valence-electron chi connectivity index (χ2n) is 3.19. The lowest BCUT2D eigenvalue weighted by molar-refractivity contribution is 0.300. The van der Waals surface area contributed by atoms with Crippen LogP contribution in [-0.4, -0.2) is 11.7 Å². The van der Waals surface area contributed by atoms with Crippen molar-refractivity contribution in [1.82, 2.24) is 0 Å². The smallest absolute Gasteiger partial charge is 0.0984 e. The average molecular weight is 188 g/mol. The second kappa shape index (κ2) is 3.68. The Bertz CT molecular complexity index is 454. The van der Waals surface area contributed by atoms with Crippen LogP contribution in [0.25, 0.3) is 16.8 Å². The Morgan fingerprint density at radius 2 is 2.21 bits per heavy atom. The van der Waals surface area contributed by atoms with Gasteiger partial charge in [-0.1, -0.05) is 24.8 Å². The number of hydrogen-bond acceptors (Lipinski definition) is 2. The SMILES string of the molecule is C=Cc1ccc2cocc2c1CCO. The fourth-order valence-electron chi connectivity index (χ4n) is 1.70. The van der Waals surface area contributed by atoms with Crippen molar-refractivity contribution in [2.24, 2.45) is 0 Å². The van der Waals surface area contributed by atoms with Crippen LogP contribution in [0.15, 0.2) is 35.7 Å². The van der Waals surface area contributed by atoms with E-state index in [1.54, 1.807) is 18.6 Å². The number of aliphatic hydroxyl groups excluding tert-OH is 1. The van der Waals surface area contributed by atoms with Crippen molar-refractivity contribution in [3.8, 4) is 0 Å². The molecule has 2 rings (SSSR count). The summed E-state index contributed by atoms with van der Waals surface area (Å²) in [7, 11) is 0. The molecule has 14 heavy (non-hydrogen) atoms. The average Bonchev–Trinajstić information content (AvgIpc) is 2.67. The van der Waals surface area contributed by atoms with Gasteiger partial charge in [-0.25, -0.2) is 0 Å². The van der Waals surface area contributed by atoms with E-state index in [0.717, 1.165) is 21.9 Å². The maximum absolute atomic E-state index is 8.97. The first-order valence-electron chi connectivity index (χ1n) is 4.58. The number of rotatable bonds is 3. The topological polar surface area (TPSA) is 33.4 Å². The Hall–Kier alpha value is -1.54. The van der Waals surface area contributed by atoms with Gasteiger partial charge in [-0.05, 0) is 17.5 Å². The zero-order valence-corrected chi connectivity index (χ0v) is 7.86. The maximum Gasteiger partial charge on any atom is 0.0984 e. The van der Waals surface area contributed by atoms with E-state index >= 15 is 0 Å². The van der Waals surface area contributed by atoms with E-state index < -0.39 is 0 Å². The fourth-order valence-corrected chi connectivity index (χ4v) is 1.70. The Morgan fingerprint density at radius 3 is 2.93 bits per heavy atom. The van der Waals surface area contributed by atoms with E-state index in [9.17, 15) is 0 Å². The molecule has 1 N–H and O–H groups in total. The van der Waals surface area contributed by atoms with E-state index in [1.807, 2.05) is 12.1 Å². The third-order valence-electron chi connectivity index (χ3n) is 2.39. The molecule has 0 bridgehead atoms. The Kier molecular flexibility index (Phi) is 2.37. The highest BCUT2D eigenvalue weighted by Gasteiger charge is 2.06. The lowest BCUT2D eigenvalue weighted by Gasteiger charge is -2.05. The van der Waals surface area contributed by atoms with Gasteiger partial charge in [-0.3, -0.25) is 0 Å².